The average Bonchev–Trinajstić information content (AvgIpc) is 2.63. The van der Waals surface area contributed by atoms with Crippen molar-refractivity contribution in [3.8, 4) is 0 Å². The highest BCUT2D eigenvalue weighted by molar-refractivity contribution is 6.31. The number of rotatable bonds is 6. The first-order valence-electron chi connectivity index (χ1n) is 7.00. The fraction of sp³-hybridized carbons (Fsp3) is 0.786. The molecule has 108 valence electrons. The zero-order valence-electron chi connectivity index (χ0n) is 12.3. The molecule has 1 aromatic heterocycles. The van der Waals surface area contributed by atoms with E-state index in [9.17, 15) is 0 Å². The smallest absolute Gasteiger partial charge is 0.0850 e. The first-order chi connectivity index (χ1) is 9.07. The van der Waals surface area contributed by atoms with Crippen LogP contribution in [0.4, 0.5) is 0 Å². The van der Waals surface area contributed by atoms with Gasteiger partial charge in [-0.1, -0.05) is 18.5 Å². The van der Waals surface area contributed by atoms with Crippen molar-refractivity contribution in [2.75, 3.05) is 14.2 Å². The second-order valence-electron chi connectivity index (χ2n) is 5.35. The Morgan fingerprint density at radius 3 is 2.58 bits per heavy atom. The molecule has 2 rings (SSSR count). The molecular weight excluding hydrogens is 262 g/mol. The van der Waals surface area contributed by atoms with Gasteiger partial charge >= 0.3 is 0 Å². The van der Waals surface area contributed by atoms with Gasteiger partial charge in [0.15, 0.2) is 0 Å². The summed E-state index contributed by atoms with van der Waals surface area (Å²) >= 11 is 6.43. The average molecular weight is 286 g/mol. The SMILES string of the molecule is CCc1nn(C)c(CC(NC)C2(OC)CCC2)c1Cl. The highest BCUT2D eigenvalue weighted by Gasteiger charge is 2.44. The first kappa shape index (κ1) is 14.8. The number of likely N-dealkylation sites (N-methyl/N-ethyl adjacent to an activating group) is 1. The maximum atomic E-state index is 6.43. The molecule has 1 aromatic rings. The zero-order chi connectivity index (χ0) is 14.0. The van der Waals surface area contributed by atoms with E-state index in [0.29, 0.717) is 0 Å². The van der Waals surface area contributed by atoms with Crippen molar-refractivity contribution < 1.29 is 4.74 Å². The van der Waals surface area contributed by atoms with Gasteiger partial charge in [-0.3, -0.25) is 4.68 Å². The molecule has 0 saturated heterocycles. The molecule has 0 aromatic carbocycles. The second-order valence-corrected chi connectivity index (χ2v) is 5.73. The predicted octanol–water partition coefficient (Wildman–Crippen LogP) is 2.34. The standard InChI is InChI=1S/C14H24ClN3O/c1-5-10-13(15)11(18(3)17-10)9-12(16-2)14(19-4)7-6-8-14/h12,16H,5-9H2,1-4H3. The largest absolute Gasteiger partial charge is 0.377 e. The van der Waals surface area contributed by atoms with Crippen molar-refractivity contribution >= 4 is 11.6 Å². The van der Waals surface area contributed by atoms with Crippen LogP contribution in [-0.2, 0) is 24.6 Å². The lowest BCUT2D eigenvalue weighted by molar-refractivity contribution is -0.0969. The predicted molar refractivity (Wildman–Crippen MR) is 77.7 cm³/mol. The monoisotopic (exact) mass is 285 g/mol. The molecule has 1 heterocycles. The summed E-state index contributed by atoms with van der Waals surface area (Å²) in [5.74, 6) is 0. The van der Waals surface area contributed by atoms with E-state index in [-0.39, 0.29) is 11.6 Å². The summed E-state index contributed by atoms with van der Waals surface area (Å²) in [5, 5.41) is 8.70. The lowest BCUT2D eigenvalue weighted by Crippen LogP contribution is -2.56. The highest BCUT2D eigenvalue weighted by atomic mass is 35.5. The quantitative estimate of drug-likeness (QED) is 0.872. The molecule has 1 fully saturated rings. The number of aryl methyl sites for hydroxylation is 2. The van der Waals surface area contributed by atoms with E-state index in [4.69, 9.17) is 16.3 Å². The molecule has 1 aliphatic rings. The second kappa shape index (κ2) is 5.81. The Hall–Kier alpha value is -0.580. The van der Waals surface area contributed by atoms with Gasteiger partial charge in [-0.2, -0.15) is 5.10 Å². The Morgan fingerprint density at radius 1 is 1.53 bits per heavy atom. The minimum atomic E-state index is -0.0330. The van der Waals surface area contributed by atoms with Crippen LogP contribution in [0.15, 0.2) is 0 Å². The van der Waals surface area contributed by atoms with Crippen LogP contribution in [0.5, 0.6) is 0 Å². The van der Waals surface area contributed by atoms with Crippen LogP contribution in [-0.4, -0.2) is 35.6 Å². The highest BCUT2D eigenvalue weighted by Crippen LogP contribution is 2.39. The number of nitrogens with one attached hydrogen (secondary N) is 1. The third kappa shape index (κ3) is 2.54. The Labute approximate surface area is 120 Å². The lowest BCUT2D eigenvalue weighted by Gasteiger charge is -2.46. The topological polar surface area (TPSA) is 39.1 Å². The summed E-state index contributed by atoms with van der Waals surface area (Å²) in [5.41, 5.74) is 2.05. The van der Waals surface area contributed by atoms with Crippen LogP contribution in [0, 0.1) is 0 Å². The lowest BCUT2D eigenvalue weighted by atomic mass is 9.73. The number of hydrogen-bond donors (Lipinski definition) is 1. The van der Waals surface area contributed by atoms with E-state index in [1.54, 1.807) is 0 Å². The molecule has 0 spiro atoms. The summed E-state index contributed by atoms with van der Waals surface area (Å²) in [7, 11) is 5.77. The third-order valence-electron chi connectivity index (χ3n) is 4.49. The number of methoxy groups -OCH3 is 1. The fourth-order valence-corrected chi connectivity index (χ4v) is 3.38. The van der Waals surface area contributed by atoms with Crippen LogP contribution in [0.2, 0.25) is 5.02 Å². The van der Waals surface area contributed by atoms with Crippen molar-refractivity contribution in [3.05, 3.63) is 16.4 Å². The van der Waals surface area contributed by atoms with E-state index in [1.807, 2.05) is 25.9 Å². The normalized spacial score (nSPS) is 19.2. The Balaban J connectivity index is 2.21. The summed E-state index contributed by atoms with van der Waals surface area (Å²) in [6.07, 6.45) is 5.20. The van der Waals surface area contributed by atoms with E-state index >= 15 is 0 Å². The molecule has 5 heteroatoms. The Morgan fingerprint density at radius 2 is 2.21 bits per heavy atom. The molecular formula is C14H24ClN3O. The number of aromatic nitrogens is 2. The molecule has 1 saturated carbocycles. The fourth-order valence-electron chi connectivity index (χ4n) is 3.01. The van der Waals surface area contributed by atoms with Gasteiger partial charge in [-0.25, -0.2) is 0 Å². The van der Waals surface area contributed by atoms with Crippen LogP contribution < -0.4 is 5.32 Å². The summed E-state index contributed by atoms with van der Waals surface area (Å²) in [4.78, 5) is 0. The molecule has 1 atom stereocenters. The molecule has 4 nitrogen and oxygen atoms in total. The van der Waals surface area contributed by atoms with Crippen LogP contribution >= 0.6 is 11.6 Å². The zero-order valence-corrected chi connectivity index (χ0v) is 13.0. The van der Waals surface area contributed by atoms with Crippen molar-refractivity contribution in [3.63, 3.8) is 0 Å². The summed E-state index contributed by atoms with van der Waals surface area (Å²) in [6, 6.07) is 0.281. The minimum absolute atomic E-state index is 0.0330. The Bertz CT molecular complexity index is 435. The van der Waals surface area contributed by atoms with Gasteiger partial charge in [0.1, 0.15) is 0 Å². The van der Waals surface area contributed by atoms with Crippen molar-refractivity contribution in [2.45, 2.75) is 50.7 Å². The number of nitrogens with zero attached hydrogens (tertiary/aromatic N) is 2. The summed E-state index contributed by atoms with van der Waals surface area (Å²) < 4.78 is 7.69. The van der Waals surface area contributed by atoms with Crippen LogP contribution in [0.1, 0.15) is 37.6 Å². The van der Waals surface area contributed by atoms with E-state index in [1.165, 1.54) is 6.42 Å². The van der Waals surface area contributed by atoms with Gasteiger partial charge in [-0.15, -0.1) is 0 Å². The van der Waals surface area contributed by atoms with Crippen molar-refractivity contribution in [2.24, 2.45) is 7.05 Å². The number of hydrogen-bond acceptors (Lipinski definition) is 3. The molecule has 1 unspecified atom stereocenters. The minimum Gasteiger partial charge on any atom is -0.377 e. The number of halogens is 1. The van der Waals surface area contributed by atoms with Gasteiger partial charge in [0.05, 0.1) is 22.0 Å². The van der Waals surface area contributed by atoms with Crippen molar-refractivity contribution in [1.82, 2.24) is 15.1 Å². The molecule has 0 radical (unpaired) electrons. The maximum absolute atomic E-state index is 6.43. The molecule has 0 amide bonds. The van der Waals surface area contributed by atoms with E-state index < -0.39 is 0 Å². The van der Waals surface area contributed by atoms with Crippen LogP contribution in [0.3, 0.4) is 0 Å². The van der Waals surface area contributed by atoms with Gasteiger partial charge in [0.2, 0.25) is 0 Å². The van der Waals surface area contributed by atoms with E-state index in [2.05, 4.69) is 17.3 Å². The van der Waals surface area contributed by atoms with Gasteiger partial charge in [0.25, 0.3) is 0 Å². The van der Waals surface area contributed by atoms with Gasteiger partial charge in [0, 0.05) is 26.6 Å². The molecule has 1 N–H and O–H groups in total. The molecule has 0 aliphatic heterocycles. The third-order valence-corrected chi connectivity index (χ3v) is 4.93. The molecule has 1 aliphatic carbocycles. The van der Waals surface area contributed by atoms with Crippen LogP contribution in [0.25, 0.3) is 0 Å². The Kier molecular flexibility index (Phi) is 4.54. The first-order valence-corrected chi connectivity index (χ1v) is 7.38. The maximum Gasteiger partial charge on any atom is 0.0850 e. The van der Waals surface area contributed by atoms with Gasteiger partial charge < -0.3 is 10.1 Å². The number of ether oxygens (including phenoxy) is 1. The van der Waals surface area contributed by atoms with Gasteiger partial charge in [-0.05, 0) is 32.7 Å². The van der Waals surface area contributed by atoms with Crippen molar-refractivity contribution in [1.29, 1.82) is 0 Å². The molecule has 19 heavy (non-hydrogen) atoms. The molecule has 0 bridgehead atoms. The summed E-state index contributed by atoms with van der Waals surface area (Å²) in [6.45, 7) is 2.08. The van der Waals surface area contributed by atoms with E-state index in [0.717, 1.165) is 42.1 Å².